The van der Waals surface area contributed by atoms with Gasteiger partial charge in [0.2, 0.25) is 0 Å². The van der Waals surface area contributed by atoms with Crippen LogP contribution in [-0.4, -0.2) is 49.3 Å². The van der Waals surface area contributed by atoms with E-state index < -0.39 is 5.60 Å². The van der Waals surface area contributed by atoms with Gasteiger partial charge in [0.05, 0.1) is 13.0 Å². The summed E-state index contributed by atoms with van der Waals surface area (Å²) < 4.78 is 10.3. The molecule has 0 N–H and O–H groups in total. The second-order valence-corrected chi connectivity index (χ2v) is 5.46. The van der Waals surface area contributed by atoms with Crippen molar-refractivity contribution in [1.82, 2.24) is 4.90 Å². The van der Waals surface area contributed by atoms with Crippen LogP contribution in [0.1, 0.15) is 41.0 Å². The second-order valence-electron chi connectivity index (χ2n) is 5.46. The van der Waals surface area contributed by atoms with Crippen molar-refractivity contribution in [1.29, 1.82) is 0 Å². The molecule has 0 bridgehead atoms. The van der Waals surface area contributed by atoms with E-state index in [1.54, 1.807) is 7.11 Å². The summed E-state index contributed by atoms with van der Waals surface area (Å²) in [5.74, 6) is -0.138. The van der Waals surface area contributed by atoms with E-state index in [9.17, 15) is 4.79 Å². The van der Waals surface area contributed by atoms with Gasteiger partial charge in [-0.15, -0.1) is 0 Å². The first-order valence-electron chi connectivity index (χ1n) is 6.21. The molecule has 0 saturated carbocycles. The number of esters is 1. The summed E-state index contributed by atoms with van der Waals surface area (Å²) in [7, 11) is 1.69. The van der Waals surface area contributed by atoms with Crippen molar-refractivity contribution >= 4 is 5.97 Å². The van der Waals surface area contributed by atoms with Gasteiger partial charge in [0.25, 0.3) is 0 Å². The molecule has 0 aromatic heterocycles. The van der Waals surface area contributed by atoms with Gasteiger partial charge in [-0.3, -0.25) is 9.69 Å². The Kier molecular flexibility index (Phi) is 7.39. The molecule has 0 aliphatic rings. The lowest BCUT2D eigenvalue weighted by Gasteiger charge is -2.26. The van der Waals surface area contributed by atoms with Gasteiger partial charge in [-0.25, -0.2) is 0 Å². The van der Waals surface area contributed by atoms with Crippen LogP contribution in [0.2, 0.25) is 0 Å². The summed E-state index contributed by atoms with van der Waals surface area (Å²) in [6.45, 7) is 12.1. The van der Waals surface area contributed by atoms with Crippen molar-refractivity contribution < 1.29 is 14.3 Å². The molecule has 0 radical (unpaired) electrons. The fraction of sp³-hybridized carbons (Fsp3) is 0.923. The number of methoxy groups -OCH3 is 1. The normalized spacial score (nSPS) is 12.2. The number of hydrogen-bond donors (Lipinski definition) is 0. The highest BCUT2D eigenvalue weighted by atomic mass is 16.6. The Labute approximate surface area is 105 Å². The number of rotatable bonds is 7. The Morgan fingerprint density at radius 1 is 1.24 bits per heavy atom. The van der Waals surface area contributed by atoms with Crippen LogP contribution in [0.5, 0.6) is 0 Å². The highest BCUT2D eigenvalue weighted by Gasteiger charge is 2.17. The van der Waals surface area contributed by atoms with Crippen molar-refractivity contribution in [3.05, 3.63) is 0 Å². The zero-order valence-electron chi connectivity index (χ0n) is 12.1. The fourth-order valence-electron chi connectivity index (χ4n) is 1.46. The Balaban J connectivity index is 3.99. The molecule has 0 rings (SSSR count). The minimum Gasteiger partial charge on any atom is -0.460 e. The Morgan fingerprint density at radius 2 is 1.82 bits per heavy atom. The standard InChI is InChI=1S/C13H27NO3/c1-11(2)14(9-10-16-6)8-7-12(15)17-13(3,4)5/h11H,7-10H2,1-6H3. The lowest BCUT2D eigenvalue weighted by molar-refractivity contribution is -0.155. The topological polar surface area (TPSA) is 38.8 Å². The molecule has 4 nitrogen and oxygen atoms in total. The maximum absolute atomic E-state index is 11.6. The zero-order chi connectivity index (χ0) is 13.5. The van der Waals surface area contributed by atoms with E-state index in [1.807, 2.05) is 20.8 Å². The number of nitrogens with zero attached hydrogens (tertiary/aromatic N) is 1. The predicted octanol–water partition coefficient (Wildman–Crippen LogP) is 2.07. The smallest absolute Gasteiger partial charge is 0.307 e. The van der Waals surface area contributed by atoms with Crippen LogP contribution in [-0.2, 0) is 14.3 Å². The van der Waals surface area contributed by atoms with E-state index >= 15 is 0 Å². The summed E-state index contributed by atoms with van der Waals surface area (Å²) >= 11 is 0. The van der Waals surface area contributed by atoms with Gasteiger partial charge in [0.15, 0.2) is 0 Å². The van der Waals surface area contributed by atoms with E-state index in [0.29, 0.717) is 19.1 Å². The summed E-state index contributed by atoms with van der Waals surface area (Å²) in [5, 5.41) is 0. The average molecular weight is 245 g/mol. The molecule has 0 fully saturated rings. The van der Waals surface area contributed by atoms with Crippen LogP contribution in [0.25, 0.3) is 0 Å². The van der Waals surface area contributed by atoms with E-state index in [-0.39, 0.29) is 5.97 Å². The molecule has 0 atom stereocenters. The molecule has 102 valence electrons. The molecule has 0 aromatic carbocycles. The van der Waals surface area contributed by atoms with Gasteiger partial charge in [-0.1, -0.05) is 0 Å². The van der Waals surface area contributed by atoms with Crippen molar-refractivity contribution in [3.8, 4) is 0 Å². The third kappa shape index (κ3) is 9.12. The maximum atomic E-state index is 11.6. The monoisotopic (exact) mass is 245 g/mol. The van der Waals surface area contributed by atoms with Gasteiger partial charge < -0.3 is 9.47 Å². The first kappa shape index (κ1) is 16.4. The van der Waals surface area contributed by atoms with Crippen molar-refractivity contribution in [2.45, 2.75) is 52.7 Å². The predicted molar refractivity (Wildman–Crippen MR) is 69.0 cm³/mol. The number of carbonyl (C=O) groups excluding carboxylic acids is 1. The van der Waals surface area contributed by atoms with Crippen LogP contribution in [0.4, 0.5) is 0 Å². The third-order valence-electron chi connectivity index (χ3n) is 2.34. The average Bonchev–Trinajstić information content (AvgIpc) is 2.14. The van der Waals surface area contributed by atoms with Crippen molar-refractivity contribution in [2.75, 3.05) is 26.8 Å². The molecule has 17 heavy (non-hydrogen) atoms. The van der Waals surface area contributed by atoms with Crippen LogP contribution in [0, 0.1) is 0 Å². The molecule has 0 saturated heterocycles. The summed E-state index contributed by atoms with van der Waals surface area (Å²) in [5.41, 5.74) is -0.397. The van der Waals surface area contributed by atoms with E-state index in [0.717, 1.165) is 13.1 Å². The SMILES string of the molecule is COCCN(CCC(=O)OC(C)(C)C)C(C)C. The number of hydrogen-bond acceptors (Lipinski definition) is 4. The Hall–Kier alpha value is -0.610. The molecule has 0 aliphatic heterocycles. The Bertz CT molecular complexity index is 221. The minimum absolute atomic E-state index is 0.138. The van der Waals surface area contributed by atoms with E-state index in [4.69, 9.17) is 9.47 Å². The molecule has 0 unspecified atom stereocenters. The quantitative estimate of drug-likeness (QED) is 0.644. The molecule has 4 heteroatoms. The summed E-state index contributed by atoms with van der Waals surface area (Å²) in [6.07, 6.45) is 0.430. The third-order valence-corrected chi connectivity index (χ3v) is 2.34. The lowest BCUT2D eigenvalue weighted by atomic mass is 10.2. The Morgan fingerprint density at radius 3 is 2.24 bits per heavy atom. The van der Waals surface area contributed by atoms with Crippen molar-refractivity contribution in [3.63, 3.8) is 0 Å². The van der Waals surface area contributed by atoms with E-state index in [1.165, 1.54) is 0 Å². The van der Waals surface area contributed by atoms with Gasteiger partial charge in [0.1, 0.15) is 5.60 Å². The minimum atomic E-state index is -0.397. The zero-order valence-corrected chi connectivity index (χ0v) is 12.1. The molecule has 0 heterocycles. The van der Waals surface area contributed by atoms with Gasteiger partial charge in [0, 0.05) is 26.2 Å². The second kappa shape index (κ2) is 7.67. The first-order valence-corrected chi connectivity index (χ1v) is 6.21. The van der Waals surface area contributed by atoms with Crippen molar-refractivity contribution in [2.24, 2.45) is 0 Å². The molecule has 0 aliphatic carbocycles. The first-order chi connectivity index (χ1) is 7.76. The van der Waals surface area contributed by atoms with Crippen LogP contribution in [0.3, 0.4) is 0 Å². The number of carbonyl (C=O) groups is 1. The van der Waals surface area contributed by atoms with Crippen LogP contribution in [0.15, 0.2) is 0 Å². The van der Waals surface area contributed by atoms with Gasteiger partial charge >= 0.3 is 5.97 Å². The molecular formula is C13H27NO3. The highest BCUT2D eigenvalue weighted by Crippen LogP contribution is 2.09. The molecule has 0 aromatic rings. The largest absolute Gasteiger partial charge is 0.460 e. The fourth-order valence-corrected chi connectivity index (χ4v) is 1.46. The highest BCUT2D eigenvalue weighted by molar-refractivity contribution is 5.70. The van der Waals surface area contributed by atoms with Crippen LogP contribution >= 0.6 is 0 Å². The van der Waals surface area contributed by atoms with Gasteiger partial charge in [-0.2, -0.15) is 0 Å². The molecular weight excluding hydrogens is 218 g/mol. The summed E-state index contributed by atoms with van der Waals surface area (Å²) in [4.78, 5) is 13.8. The number of ether oxygens (including phenoxy) is 2. The maximum Gasteiger partial charge on any atom is 0.307 e. The van der Waals surface area contributed by atoms with E-state index in [2.05, 4.69) is 18.7 Å². The lowest BCUT2D eigenvalue weighted by Crippen LogP contribution is -2.36. The molecule has 0 spiro atoms. The summed E-state index contributed by atoms with van der Waals surface area (Å²) in [6, 6.07) is 0.410. The molecule has 0 amide bonds. The van der Waals surface area contributed by atoms with Crippen LogP contribution < -0.4 is 0 Å². The van der Waals surface area contributed by atoms with Gasteiger partial charge in [-0.05, 0) is 34.6 Å².